The average molecular weight is 451 g/mol. The number of ether oxygens (including phenoxy) is 1. The Morgan fingerprint density at radius 2 is 1.84 bits per heavy atom. The number of hydrogen-bond donors (Lipinski definition) is 1. The lowest BCUT2D eigenvalue weighted by atomic mass is 9.92. The summed E-state index contributed by atoms with van der Waals surface area (Å²) in [5.41, 5.74) is 1.57. The molecule has 1 saturated carbocycles. The van der Waals surface area contributed by atoms with Gasteiger partial charge in [-0.25, -0.2) is 26.7 Å². The molecule has 1 saturated heterocycles. The van der Waals surface area contributed by atoms with Crippen molar-refractivity contribution in [1.29, 1.82) is 0 Å². The SMILES string of the molecule is COC(=O)N1CC2(CC2)C(NS(C)(=O)=O)C1Cc1cccc(-c2cc(F)cc(F)c2)c1. The number of nitrogens with zero attached hydrogens (tertiary/aromatic N) is 1. The molecule has 0 aromatic heterocycles. The zero-order valence-electron chi connectivity index (χ0n) is 17.3. The van der Waals surface area contributed by atoms with Crippen molar-refractivity contribution < 1.29 is 26.7 Å². The Morgan fingerprint density at radius 1 is 1.16 bits per heavy atom. The third-order valence-corrected chi connectivity index (χ3v) is 6.82. The molecule has 2 aliphatic rings. The minimum atomic E-state index is -3.49. The minimum absolute atomic E-state index is 0.286. The van der Waals surface area contributed by atoms with Gasteiger partial charge in [0.15, 0.2) is 0 Å². The Morgan fingerprint density at radius 3 is 2.42 bits per heavy atom. The number of carbonyl (C=O) groups is 1. The molecule has 2 unspecified atom stereocenters. The highest BCUT2D eigenvalue weighted by atomic mass is 32.2. The molecule has 1 heterocycles. The highest BCUT2D eigenvalue weighted by Gasteiger charge is 2.61. The lowest BCUT2D eigenvalue weighted by molar-refractivity contribution is 0.116. The van der Waals surface area contributed by atoms with Crippen LogP contribution in [0.25, 0.3) is 11.1 Å². The molecule has 1 N–H and O–H groups in total. The number of benzene rings is 2. The van der Waals surface area contributed by atoms with Crippen LogP contribution in [0.1, 0.15) is 18.4 Å². The minimum Gasteiger partial charge on any atom is -0.453 e. The lowest BCUT2D eigenvalue weighted by Crippen LogP contribution is -2.49. The summed E-state index contributed by atoms with van der Waals surface area (Å²) < 4.78 is 59.1. The standard InChI is InChI=1S/C22H24F2N2O4S/c1-30-21(27)26-13-22(6-7-22)20(25-31(2,28)29)19(26)9-14-4-3-5-15(8-14)16-10-17(23)12-18(24)11-16/h3-5,8,10-12,19-20,25H,6-7,9,13H2,1-2H3. The molecule has 6 nitrogen and oxygen atoms in total. The van der Waals surface area contributed by atoms with Crippen molar-refractivity contribution in [3.8, 4) is 11.1 Å². The molecular weight excluding hydrogens is 426 g/mol. The summed E-state index contributed by atoms with van der Waals surface area (Å²) in [6, 6.07) is 9.63. The molecule has 4 rings (SSSR count). The molecule has 9 heteroatoms. The largest absolute Gasteiger partial charge is 0.453 e. The van der Waals surface area contributed by atoms with Crippen LogP contribution in [0.2, 0.25) is 0 Å². The smallest absolute Gasteiger partial charge is 0.409 e. The highest BCUT2D eigenvalue weighted by Crippen LogP contribution is 2.55. The number of likely N-dealkylation sites (tertiary alicyclic amines) is 1. The van der Waals surface area contributed by atoms with Gasteiger partial charge in [0.2, 0.25) is 10.0 Å². The maximum atomic E-state index is 13.7. The topological polar surface area (TPSA) is 75.7 Å². The van der Waals surface area contributed by atoms with Gasteiger partial charge in [-0.3, -0.25) is 0 Å². The third-order valence-electron chi connectivity index (χ3n) is 6.14. The first kappa shape index (κ1) is 21.7. The Balaban J connectivity index is 1.67. The fourth-order valence-corrected chi connectivity index (χ4v) is 5.46. The molecule has 31 heavy (non-hydrogen) atoms. The first-order valence-corrected chi connectivity index (χ1v) is 11.9. The summed E-state index contributed by atoms with van der Waals surface area (Å²) in [5.74, 6) is -1.33. The van der Waals surface area contributed by atoms with Gasteiger partial charge in [-0.05, 0) is 48.1 Å². The molecule has 1 spiro atoms. The van der Waals surface area contributed by atoms with Gasteiger partial charge in [0.25, 0.3) is 0 Å². The van der Waals surface area contributed by atoms with Crippen LogP contribution in [0.15, 0.2) is 42.5 Å². The Kier molecular flexibility index (Phi) is 5.51. The van der Waals surface area contributed by atoms with E-state index in [9.17, 15) is 22.0 Å². The third kappa shape index (κ3) is 4.57. The van der Waals surface area contributed by atoms with E-state index in [0.29, 0.717) is 24.1 Å². The van der Waals surface area contributed by atoms with Crippen LogP contribution in [-0.4, -0.2) is 51.4 Å². The zero-order valence-corrected chi connectivity index (χ0v) is 18.1. The van der Waals surface area contributed by atoms with Gasteiger partial charge >= 0.3 is 6.09 Å². The fraction of sp³-hybridized carbons (Fsp3) is 0.409. The predicted octanol–water partition coefficient (Wildman–Crippen LogP) is 3.32. The van der Waals surface area contributed by atoms with E-state index in [1.54, 1.807) is 23.1 Å². The first-order valence-electron chi connectivity index (χ1n) is 9.97. The average Bonchev–Trinajstić information content (AvgIpc) is 3.42. The number of rotatable bonds is 5. The molecule has 1 aliphatic carbocycles. The number of halogens is 2. The second kappa shape index (κ2) is 7.87. The summed E-state index contributed by atoms with van der Waals surface area (Å²) >= 11 is 0. The number of hydrogen-bond acceptors (Lipinski definition) is 4. The molecule has 1 aliphatic heterocycles. The van der Waals surface area contributed by atoms with E-state index in [-0.39, 0.29) is 5.41 Å². The fourth-order valence-electron chi connectivity index (χ4n) is 4.59. The van der Waals surface area contributed by atoms with E-state index in [1.165, 1.54) is 19.2 Å². The van der Waals surface area contributed by atoms with E-state index in [4.69, 9.17) is 4.74 Å². The van der Waals surface area contributed by atoms with Gasteiger partial charge in [-0.1, -0.05) is 24.3 Å². The van der Waals surface area contributed by atoms with Crippen LogP contribution < -0.4 is 4.72 Å². The maximum Gasteiger partial charge on any atom is 0.409 e. The molecule has 1 amide bonds. The van der Waals surface area contributed by atoms with Crippen molar-refractivity contribution in [3.05, 3.63) is 59.7 Å². The molecule has 2 fully saturated rings. The van der Waals surface area contributed by atoms with Gasteiger partial charge in [0.05, 0.1) is 19.4 Å². The van der Waals surface area contributed by atoms with Gasteiger partial charge in [0.1, 0.15) is 11.6 Å². The van der Waals surface area contributed by atoms with E-state index >= 15 is 0 Å². The van der Waals surface area contributed by atoms with Crippen LogP contribution in [0.3, 0.4) is 0 Å². The van der Waals surface area contributed by atoms with Gasteiger partial charge in [-0.2, -0.15) is 0 Å². The first-order chi connectivity index (χ1) is 14.6. The van der Waals surface area contributed by atoms with Gasteiger partial charge < -0.3 is 9.64 Å². The van der Waals surface area contributed by atoms with Crippen LogP contribution in [0.4, 0.5) is 13.6 Å². The quantitative estimate of drug-likeness (QED) is 0.758. The number of methoxy groups -OCH3 is 1. The molecule has 2 aromatic carbocycles. The predicted molar refractivity (Wildman–Crippen MR) is 112 cm³/mol. The Hall–Kier alpha value is -2.52. The van der Waals surface area contributed by atoms with Crippen LogP contribution >= 0.6 is 0 Å². The second-order valence-corrected chi connectivity index (χ2v) is 10.2. The molecule has 0 radical (unpaired) electrons. The highest BCUT2D eigenvalue weighted by molar-refractivity contribution is 7.88. The number of amides is 1. The zero-order chi connectivity index (χ0) is 22.4. The summed E-state index contributed by atoms with van der Waals surface area (Å²) in [7, 11) is -2.19. The Labute approximate surface area is 180 Å². The van der Waals surface area contributed by atoms with E-state index in [1.807, 2.05) is 6.07 Å². The van der Waals surface area contributed by atoms with E-state index < -0.39 is 39.8 Å². The van der Waals surface area contributed by atoms with Crippen LogP contribution in [0, 0.1) is 17.0 Å². The monoisotopic (exact) mass is 450 g/mol. The summed E-state index contributed by atoms with van der Waals surface area (Å²) in [6.45, 7) is 0.423. The molecule has 0 bridgehead atoms. The van der Waals surface area contributed by atoms with Crippen molar-refractivity contribution in [3.63, 3.8) is 0 Å². The molecule has 166 valence electrons. The summed E-state index contributed by atoms with van der Waals surface area (Å²) in [4.78, 5) is 14.0. The summed E-state index contributed by atoms with van der Waals surface area (Å²) in [6.07, 6.45) is 2.63. The van der Waals surface area contributed by atoms with Crippen molar-refractivity contribution in [2.75, 3.05) is 19.9 Å². The van der Waals surface area contributed by atoms with Crippen LogP contribution in [0.5, 0.6) is 0 Å². The summed E-state index contributed by atoms with van der Waals surface area (Å²) in [5, 5.41) is 0. The van der Waals surface area contributed by atoms with Crippen molar-refractivity contribution >= 4 is 16.1 Å². The van der Waals surface area contributed by atoms with Crippen molar-refractivity contribution in [2.24, 2.45) is 5.41 Å². The molecule has 2 aromatic rings. The van der Waals surface area contributed by atoms with Crippen LogP contribution in [-0.2, 0) is 21.2 Å². The van der Waals surface area contributed by atoms with Gasteiger partial charge in [0, 0.05) is 24.1 Å². The molecule has 2 atom stereocenters. The van der Waals surface area contributed by atoms with E-state index in [0.717, 1.165) is 30.7 Å². The normalized spacial score (nSPS) is 22.0. The maximum absolute atomic E-state index is 13.7. The van der Waals surface area contributed by atoms with E-state index in [2.05, 4.69) is 4.72 Å². The number of sulfonamides is 1. The number of nitrogens with one attached hydrogen (secondary N) is 1. The molecular formula is C22H24F2N2O4S. The second-order valence-electron chi connectivity index (χ2n) is 8.46. The lowest BCUT2D eigenvalue weighted by Gasteiger charge is -2.28. The van der Waals surface area contributed by atoms with Crippen molar-refractivity contribution in [2.45, 2.75) is 31.3 Å². The van der Waals surface area contributed by atoms with Crippen molar-refractivity contribution in [1.82, 2.24) is 9.62 Å². The Bertz CT molecular complexity index is 1100. The number of carbonyl (C=O) groups excluding carboxylic acids is 1. The van der Waals surface area contributed by atoms with Gasteiger partial charge in [-0.15, -0.1) is 0 Å².